The van der Waals surface area contributed by atoms with Crippen molar-refractivity contribution in [1.29, 1.82) is 0 Å². The van der Waals surface area contributed by atoms with Crippen LogP contribution in [0.2, 0.25) is 0 Å². The third-order valence-corrected chi connectivity index (χ3v) is 4.80. The topological polar surface area (TPSA) is 91.7 Å². The lowest BCUT2D eigenvalue weighted by Crippen LogP contribution is -2.31. The summed E-state index contributed by atoms with van der Waals surface area (Å²) in [5, 5.41) is 7.02. The fourth-order valence-corrected chi connectivity index (χ4v) is 2.86. The largest absolute Gasteiger partial charge is 0.497 e. The lowest BCUT2D eigenvalue weighted by molar-refractivity contribution is -0.122. The van der Waals surface area contributed by atoms with Crippen LogP contribution in [0.25, 0.3) is 5.69 Å². The molecule has 31 heavy (non-hydrogen) atoms. The summed E-state index contributed by atoms with van der Waals surface area (Å²) in [5.41, 5.74) is 2.99. The summed E-state index contributed by atoms with van der Waals surface area (Å²) in [6.07, 6.45) is -0.865. The number of carbonyl (C=O) groups is 1. The molecule has 1 amide bonds. The quantitative estimate of drug-likeness (QED) is 0.627. The Morgan fingerprint density at radius 1 is 0.968 bits per heavy atom. The van der Waals surface area contributed by atoms with E-state index >= 15 is 0 Å². The van der Waals surface area contributed by atoms with Gasteiger partial charge in [-0.2, -0.15) is 4.68 Å². The monoisotopic (exact) mass is 423 g/mol. The molecule has 0 bridgehead atoms. The van der Waals surface area contributed by atoms with Gasteiger partial charge in [-0.05, 0) is 44.0 Å². The predicted molar refractivity (Wildman–Crippen MR) is 118 cm³/mol. The molecular weight excluding hydrogens is 398 g/mol. The van der Waals surface area contributed by atoms with Crippen molar-refractivity contribution in [1.82, 2.24) is 9.78 Å². The molecule has 0 radical (unpaired) electrons. The van der Waals surface area contributed by atoms with Crippen LogP contribution in [0.5, 0.6) is 17.4 Å². The van der Waals surface area contributed by atoms with E-state index in [4.69, 9.17) is 14.2 Å². The predicted octanol–water partition coefficient (Wildman–Crippen LogP) is 3.27. The number of aryl methyl sites for hydroxylation is 2. The van der Waals surface area contributed by atoms with Gasteiger partial charge in [0.15, 0.2) is 6.10 Å². The summed E-state index contributed by atoms with van der Waals surface area (Å²) < 4.78 is 17.4. The molecule has 2 aromatic carbocycles. The number of rotatable bonds is 7. The van der Waals surface area contributed by atoms with Crippen LogP contribution < -0.4 is 25.1 Å². The Hall–Kier alpha value is -3.81. The van der Waals surface area contributed by atoms with Crippen molar-refractivity contribution in [3.63, 3.8) is 0 Å². The van der Waals surface area contributed by atoms with Gasteiger partial charge in [-0.1, -0.05) is 6.07 Å². The van der Waals surface area contributed by atoms with Crippen molar-refractivity contribution in [2.24, 2.45) is 0 Å². The Balaban J connectivity index is 1.77. The first-order chi connectivity index (χ1) is 14.8. The summed E-state index contributed by atoms with van der Waals surface area (Å²) >= 11 is 0. The van der Waals surface area contributed by atoms with Crippen LogP contribution in [-0.4, -0.2) is 36.0 Å². The van der Waals surface area contributed by atoms with Crippen LogP contribution in [-0.2, 0) is 4.79 Å². The molecule has 0 saturated carbocycles. The summed E-state index contributed by atoms with van der Waals surface area (Å²) in [5.74, 6) is 0.862. The molecule has 0 fully saturated rings. The summed E-state index contributed by atoms with van der Waals surface area (Å²) in [6.45, 7) is 5.55. The number of anilines is 1. The lowest BCUT2D eigenvalue weighted by atomic mass is 10.1. The molecular formula is C23H25N3O5. The Morgan fingerprint density at radius 2 is 1.65 bits per heavy atom. The maximum absolute atomic E-state index is 12.6. The number of nitrogens with zero attached hydrogens (tertiary/aromatic N) is 2. The van der Waals surface area contributed by atoms with Crippen LogP contribution in [0.3, 0.4) is 0 Å². The average Bonchev–Trinajstić information content (AvgIpc) is 2.76. The van der Waals surface area contributed by atoms with E-state index in [0.29, 0.717) is 22.9 Å². The second-order valence-electron chi connectivity index (χ2n) is 7.04. The highest BCUT2D eigenvalue weighted by Gasteiger charge is 2.17. The van der Waals surface area contributed by atoms with Gasteiger partial charge in [-0.25, -0.2) is 0 Å². The van der Waals surface area contributed by atoms with Crippen LogP contribution in [0.1, 0.15) is 18.1 Å². The molecule has 3 aromatic rings. The minimum absolute atomic E-state index is 0.156. The highest BCUT2D eigenvalue weighted by Crippen LogP contribution is 2.26. The molecule has 1 atom stereocenters. The SMILES string of the molecule is COc1cc(NC(=O)[C@H](C)Oc2ccc(=O)n(-c3ccc(C)c(C)c3)n2)cc(OC)c1. The van der Waals surface area contributed by atoms with E-state index < -0.39 is 6.10 Å². The molecule has 0 spiro atoms. The summed E-state index contributed by atoms with van der Waals surface area (Å²) in [4.78, 5) is 24.9. The smallest absolute Gasteiger partial charge is 0.271 e. The van der Waals surface area contributed by atoms with Crippen LogP contribution in [0, 0.1) is 13.8 Å². The highest BCUT2D eigenvalue weighted by molar-refractivity contribution is 5.94. The zero-order valence-electron chi connectivity index (χ0n) is 18.1. The lowest BCUT2D eigenvalue weighted by Gasteiger charge is -2.16. The minimum atomic E-state index is -0.865. The highest BCUT2D eigenvalue weighted by atomic mass is 16.5. The molecule has 0 aliphatic rings. The van der Waals surface area contributed by atoms with E-state index in [0.717, 1.165) is 11.1 Å². The van der Waals surface area contributed by atoms with Crippen molar-refractivity contribution in [2.45, 2.75) is 26.9 Å². The van der Waals surface area contributed by atoms with Gasteiger partial charge >= 0.3 is 0 Å². The Morgan fingerprint density at radius 3 is 2.26 bits per heavy atom. The maximum atomic E-state index is 12.6. The van der Waals surface area contributed by atoms with Gasteiger partial charge in [0, 0.05) is 36.0 Å². The molecule has 0 saturated heterocycles. The van der Waals surface area contributed by atoms with Gasteiger partial charge in [0.25, 0.3) is 11.5 Å². The molecule has 1 heterocycles. The molecule has 3 rings (SSSR count). The van der Waals surface area contributed by atoms with E-state index in [9.17, 15) is 9.59 Å². The zero-order chi connectivity index (χ0) is 22.5. The fourth-order valence-electron chi connectivity index (χ4n) is 2.86. The number of nitrogens with one attached hydrogen (secondary N) is 1. The molecule has 0 unspecified atom stereocenters. The number of benzene rings is 2. The van der Waals surface area contributed by atoms with Crippen molar-refractivity contribution in [2.75, 3.05) is 19.5 Å². The fraction of sp³-hybridized carbons (Fsp3) is 0.261. The number of aromatic nitrogens is 2. The molecule has 1 N–H and O–H groups in total. The van der Waals surface area contributed by atoms with Gasteiger partial charge in [-0.3, -0.25) is 9.59 Å². The Kier molecular flexibility index (Phi) is 6.59. The molecule has 8 nitrogen and oxygen atoms in total. The standard InChI is InChI=1S/C23H25N3O5/c1-14-6-7-18(10-15(14)2)26-22(27)9-8-21(25-26)31-16(3)23(28)24-17-11-19(29-4)13-20(12-17)30-5/h6-13,16H,1-5H3,(H,24,28)/t16-/m0/s1. The third kappa shape index (κ3) is 5.22. The zero-order valence-corrected chi connectivity index (χ0v) is 18.1. The van der Waals surface area contributed by atoms with Crippen molar-refractivity contribution in [3.8, 4) is 23.1 Å². The first kappa shape index (κ1) is 21.9. The van der Waals surface area contributed by atoms with Crippen LogP contribution in [0.15, 0.2) is 53.3 Å². The molecule has 0 aliphatic carbocycles. The van der Waals surface area contributed by atoms with Crippen molar-refractivity contribution >= 4 is 11.6 Å². The molecule has 8 heteroatoms. The third-order valence-electron chi connectivity index (χ3n) is 4.80. The minimum Gasteiger partial charge on any atom is -0.497 e. The number of carbonyl (C=O) groups excluding carboxylic acids is 1. The van der Waals surface area contributed by atoms with Gasteiger partial charge < -0.3 is 19.5 Å². The number of ether oxygens (including phenoxy) is 3. The van der Waals surface area contributed by atoms with Gasteiger partial charge in [0.05, 0.1) is 19.9 Å². The van der Waals surface area contributed by atoms with Gasteiger partial charge in [-0.15, -0.1) is 5.10 Å². The van der Waals surface area contributed by atoms with Gasteiger partial charge in [0.2, 0.25) is 5.88 Å². The molecule has 0 aliphatic heterocycles. The first-order valence-electron chi connectivity index (χ1n) is 9.69. The number of methoxy groups -OCH3 is 2. The van der Waals surface area contributed by atoms with Crippen LogP contribution in [0.4, 0.5) is 5.69 Å². The van der Waals surface area contributed by atoms with E-state index in [1.54, 1.807) is 25.1 Å². The number of amides is 1. The van der Waals surface area contributed by atoms with E-state index in [1.807, 2.05) is 32.0 Å². The molecule has 1 aromatic heterocycles. The Bertz CT molecular complexity index is 1130. The second kappa shape index (κ2) is 9.34. The summed E-state index contributed by atoms with van der Waals surface area (Å²) in [6, 6.07) is 13.5. The number of hydrogen-bond acceptors (Lipinski definition) is 6. The van der Waals surface area contributed by atoms with E-state index in [2.05, 4.69) is 10.4 Å². The van der Waals surface area contributed by atoms with Crippen molar-refractivity contribution in [3.05, 3.63) is 70.0 Å². The van der Waals surface area contributed by atoms with E-state index in [1.165, 1.54) is 31.0 Å². The number of hydrogen-bond donors (Lipinski definition) is 1. The van der Waals surface area contributed by atoms with Gasteiger partial charge in [0.1, 0.15) is 11.5 Å². The maximum Gasteiger partial charge on any atom is 0.271 e. The normalized spacial score (nSPS) is 11.5. The summed E-state index contributed by atoms with van der Waals surface area (Å²) in [7, 11) is 3.06. The van der Waals surface area contributed by atoms with Crippen LogP contribution >= 0.6 is 0 Å². The molecule has 162 valence electrons. The second-order valence-corrected chi connectivity index (χ2v) is 7.04. The average molecular weight is 423 g/mol. The first-order valence-corrected chi connectivity index (χ1v) is 9.69. The Labute approximate surface area is 180 Å². The van der Waals surface area contributed by atoms with Crippen molar-refractivity contribution < 1.29 is 19.0 Å². The van der Waals surface area contributed by atoms with E-state index in [-0.39, 0.29) is 17.3 Å².